The number of esters is 6. The van der Waals surface area contributed by atoms with Crippen LogP contribution in [-0.2, 0) is 104 Å². The van der Waals surface area contributed by atoms with Crippen LogP contribution >= 0.6 is 34.8 Å². The van der Waals surface area contributed by atoms with Gasteiger partial charge in [0.2, 0.25) is 10.1 Å². The summed E-state index contributed by atoms with van der Waals surface area (Å²) < 4.78 is 119. The van der Waals surface area contributed by atoms with Gasteiger partial charge in [0.1, 0.15) is 43.7 Å². The molecule has 22 nitrogen and oxygen atoms in total. The molecule has 2 saturated heterocycles. The van der Waals surface area contributed by atoms with E-state index in [1.165, 1.54) is 30.3 Å². The van der Waals surface area contributed by atoms with Crippen LogP contribution in [-0.4, -0.2) is 152 Å². The highest BCUT2D eigenvalue weighted by Crippen LogP contribution is 2.42. The number of para-hydroxylation sites is 1. The van der Waals surface area contributed by atoms with Crippen LogP contribution in [0.4, 0.5) is 23.7 Å². The van der Waals surface area contributed by atoms with Gasteiger partial charge >= 0.3 is 48.1 Å². The minimum absolute atomic E-state index is 0.117. The minimum Gasteiger partial charge on any atom is -0.465 e. The smallest absolute Gasteiger partial charge is 0.465 e. The van der Waals surface area contributed by atoms with Crippen molar-refractivity contribution in [1.29, 1.82) is 0 Å². The van der Waals surface area contributed by atoms with Gasteiger partial charge < -0.3 is 66.9 Å². The molecule has 2 aliphatic rings. The number of nitrogens with zero attached hydrogens (tertiary/aromatic N) is 1. The lowest BCUT2D eigenvalue weighted by molar-refractivity contribution is -0.370. The Bertz CT molecular complexity index is 2570. The molecule has 11 atom stereocenters. The molecule has 432 valence electrons. The summed E-state index contributed by atoms with van der Waals surface area (Å²) in [6.45, 7) is 1.75. The summed E-state index contributed by atoms with van der Waals surface area (Å²) in [6, 6.07) is 21.8. The predicted molar refractivity (Wildman–Crippen MR) is 267 cm³/mol. The van der Waals surface area contributed by atoms with Gasteiger partial charge in [-0.1, -0.05) is 114 Å². The fraction of sp³-hybridized carbons (Fsp3) is 0.490. The van der Waals surface area contributed by atoms with E-state index in [2.05, 4.69) is 10.3 Å². The lowest BCUT2D eigenvalue weighted by atomic mass is 9.87. The zero-order valence-electron chi connectivity index (χ0n) is 43.1. The third-order valence-corrected chi connectivity index (χ3v) is 11.5. The summed E-state index contributed by atoms with van der Waals surface area (Å²) in [5.74, 6) is -12.1. The summed E-state index contributed by atoms with van der Waals surface area (Å²) in [6.07, 6.45) is -26.3. The number of methoxy groups -OCH3 is 1. The van der Waals surface area contributed by atoms with Gasteiger partial charge in [-0.25, -0.2) is 14.6 Å². The molecule has 1 amide bonds. The molecule has 0 bridgehead atoms. The molecule has 79 heavy (non-hydrogen) atoms. The maximum absolute atomic E-state index is 15.2. The Hall–Kier alpha value is -6.32. The standard InChI is InChI=1S/C51H56Cl3F3N2O20/c1-28(60)69-26-38(73-30(3)62)41(74-31(4)63)42-39(59-48(66)71-27-50(52,53)54)36(72-29(2)61)22-49(78-42,47(65)67-6)79-43-40(70-24-34-18-12-8-13-19-34)37(25-68-23-33-16-10-7-11-17-33)76-45(44(43)75-32(5)64)77-46(51(55,56)57)58-35-20-14-9-15-21-35/h7-21,36-45H,22-27H2,1-6H3,(H,59,66)/t36-,37+,38+,39+,40-,41+,42+,43-,44+,45?,49-/m0/s1. The molecule has 1 N–H and O–H groups in total. The second kappa shape index (κ2) is 29.2. The lowest BCUT2D eigenvalue weighted by Gasteiger charge is -2.51. The summed E-state index contributed by atoms with van der Waals surface area (Å²) >= 11 is 17.5. The zero-order valence-corrected chi connectivity index (χ0v) is 45.3. The number of aliphatic imine (C=N–C) groups is 1. The van der Waals surface area contributed by atoms with Gasteiger partial charge in [-0.3, -0.25) is 24.0 Å². The largest absolute Gasteiger partial charge is 0.468 e. The first-order chi connectivity index (χ1) is 37.3. The highest BCUT2D eigenvalue weighted by molar-refractivity contribution is 6.67. The number of ether oxygens (including phenoxy) is 13. The number of carbonyl (C=O) groups excluding carboxylic acids is 7. The Morgan fingerprint density at radius 3 is 1.84 bits per heavy atom. The van der Waals surface area contributed by atoms with Crippen molar-refractivity contribution in [2.45, 2.75) is 131 Å². The average Bonchev–Trinajstić information content (AvgIpc) is 3.58. The van der Waals surface area contributed by atoms with Gasteiger partial charge in [0, 0.05) is 34.6 Å². The highest BCUT2D eigenvalue weighted by Gasteiger charge is 2.63. The van der Waals surface area contributed by atoms with Gasteiger partial charge in [0.05, 0.1) is 45.1 Å². The van der Waals surface area contributed by atoms with E-state index in [1.54, 1.807) is 60.7 Å². The molecule has 5 rings (SSSR count). The van der Waals surface area contributed by atoms with E-state index in [4.69, 9.17) is 96.4 Å². The van der Waals surface area contributed by atoms with Crippen LogP contribution in [0.15, 0.2) is 96.0 Å². The Labute approximate surface area is 465 Å². The number of hydrogen-bond acceptors (Lipinski definition) is 21. The monoisotopic (exact) mass is 1180 g/mol. The van der Waals surface area contributed by atoms with Crippen molar-refractivity contribution in [3.05, 3.63) is 102 Å². The SMILES string of the molecule is COC(=O)[C@@]1(O[C@H]2[C@@H](OCc3ccccc3)[C@@H](COCc3ccccc3)OC(OC(=Nc3ccccc3)C(F)(F)F)[C@@H]2OC(C)=O)C[C@H](OC(C)=O)[C@@H](NC(=O)OCC(Cl)(Cl)Cl)[C@H]([C@H](OC(C)=O)[C@@H](COC(C)=O)OC(C)=O)O1. The van der Waals surface area contributed by atoms with Crippen molar-refractivity contribution in [3.63, 3.8) is 0 Å². The molecule has 0 aromatic heterocycles. The Morgan fingerprint density at radius 1 is 0.722 bits per heavy atom. The van der Waals surface area contributed by atoms with Crippen molar-refractivity contribution in [3.8, 4) is 0 Å². The maximum atomic E-state index is 15.2. The molecule has 28 heteroatoms. The van der Waals surface area contributed by atoms with Crippen LogP contribution in [0, 0.1) is 0 Å². The number of benzene rings is 3. The van der Waals surface area contributed by atoms with Gasteiger partial charge in [-0.15, -0.1) is 0 Å². The Balaban J connectivity index is 1.80. The second-order valence-electron chi connectivity index (χ2n) is 17.4. The van der Waals surface area contributed by atoms with Crippen LogP contribution in [0.3, 0.4) is 0 Å². The molecule has 1 unspecified atom stereocenters. The molecule has 2 fully saturated rings. The van der Waals surface area contributed by atoms with E-state index in [0.717, 1.165) is 41.7 Å². The van der Waals surface area contributed by atoms with E-state index in [0.29, 0.717) is 11.1 Å². The first kappa shape index (κ1) is 63.5. The fourth-order valence-electron chi connectivity index (χ4n) is 8.11. The second-order valence-corrected chi connectivity index (χ2v) is 19.9. The van der Waals surface area contributed by atoms with Crippen molar-refractivity contribution in [2.75, 3.05) is 26.9 Å². The minimum atomic E-state index is -5.38. The molecule has 0 radical (unpaired) electrons. The van der Waals surface area contributed by atoms with E-state index >= 15 is 13.2 Å². The van der Waals surface area contributed by atoms with Crippen LogP contribution in [0.1, 0.15) is 52.2 Å². The van der Waals surface area contributed by atoms with Gasteiger partial charge in [0.15, 0.2) is 18.3 Å². The summed E-state index contributed by atoms with van der Waals surface area (Å²) in [5, 5.41) is 2.35. The molecule has 0 spiro atoms. The fourth-order valence-corrected chi connectivity index (χ4v) is 8.27. The number of hydrogen-bond donors (Lipinski definition) is 1. The molecule has 3 aromatic rings. The molecule has 2 heterocycles. The predicted octanol–water partition coefficient (Wildman–Crippen LogP) is 6.62. The lowest BCUT2D eigenvalue weighted by Crippen LogP contribution is -2.72. The van der Waals surface area contributed by atoms with Crippen molar-refractivity contribution >= 4 is 88.3 Å². The molecular weight excluding hydrogens is 1120 g/mol. The molecule has 0 aliphatic carbocycles. The van der Waals surface area contributed by atoms with Crippen LogP contribution in [0.25, 0.3) is 0 Å². The van der Waals surface area contributed by atoms with Crippen molar-refractivity contribution < 1.29 is 108 Å². The van der Waals surface area contributed by atoms with E-state index in [9.17, 15) is 33.6 Å². The highest BCUT2D eigenvalue weighted by atomic mass is 35.6. The number of halogens is 6. The Kier molecular flexibility index (Phi) is 23.5. The third kappa shape index (κ3) is 19.8. The maximum Gasteiger partial charge on any atom is 0.468 e. The molecule has 3 aromatic carbocycles. The topological polar surface area (TPSA) is 264 Å². The van der Waals surface area contributed by atoms with E-state index < -0.39 is 151 Å². The van der Waals surface area contributed by atoms with Gasteiger partial charge in [0.25, 0.3) is 11.7 Å². The third-order valence-electron chi connectivity index (χ3n) is 11.1. The normalized spacial score (nSPS) is 24.1. The van der Waals surface area contributed by atoms with Gasteiger partial charge in [-0.05, 0) is 23.3 Å². The van der Waals surface area contributed by atoms with Crippen molar-refractivity contribution in [1.82, 2.24) is 5.32 Å². The van der Waals surface area contributed by atoms with Crippen LogP contribution in [0.5, 0.6) is 0 Å². The number of rotatable bonds is 22. The first-order valence-electron chi connectivity index (χ1n) is 23.8. The zero-order chi connectivity index (χ0) is 58.1. The van der Waals surface area contributed by atoms with Crippen LogP contribution < -0.4 is 5.32 Å². The number of alkyl carbamates (subject to hydrolysis) is 1. The van der Waals surface area contributed by atoms with Crippen LogP contribution in [0.2, 0.25) is 0 Å². The van der Waals surface area contributed by atoms with E-state index in [1.807, 2.05) is 0 Å². The summed E-state index contributed by atoms with van der Waals surface area (Å²) in [5.41, 5.74) is 0.898. The first-order valence-corrected chi connectivity index (χ1v) is 25.0. The van der Waals surface area contributed by atoms with Gasteiger partial charge in [-0.2, -0.15) is 13.2 Å². The number of alkyl halides is 6. The van der Waals surface area contributed by atoms with Crippen molar-refractivity contribution in [2.24, 2.45) is 4.99 Å². The van der Waals surface area contributed by atoms with E-state index in [-0.39, 0.29) is 18.9 Å². The number of carbonyl (C=O) groups is 7. The number of nitrogens with one attached hydrogen (secondary N) is 1. The Morgan fingerprint density at radius 2 is 1.30 bits per heavy atom. The summed E-state index contributed by atoms with van der Waals surface area (Å²) in [4.78, 5) is 96.7. The quantitative estimate of drug-likeness (QED) is 0.0364. The molecular formula is C51H56Cl3F3N2O20. The average molecular weight is 1180 g/mol. The summed E-state index contributed by atoms with van der Waals surface area (Å²) in [7, 11) is 0.843. The molecule has 0 saturated carbocycles. The molecule has 2 aliphatic heterocycles. The number of amides is 1.